The highest BCUT2D eigenvalue weighted by molar-refractivity contribution is 5.33. The molecule has 2 rings (SSSR count). The van der Waals surface area contributed by atoms with Crippen LogP contribution in [0, 0.1) is 5.41 Å². The highest BCUT2D eigenvalue weighted by Gasteiger charge is 2.28. The molecule has 1 fully saturated rings. The van der Waals surface area contributed by atoms with Crippen LogP contribution in [0.25, 0.3) is 0 Å². The molecular weight excluding hydrogens is 224 g/mol. The fraction of sp³-hybridized carbons (Fsp3) is 0.643. The molecule has 0 spiro atoms. The minimum Gasteiger partial charge on any atom is -0.308 e. The Morgan fingerprint density at radius 1 is 1.39 bits per heavy atom. The van der Waals surface area contributed by atoms with Crippen LogP contribution < -0.4 is 11.3 Å². The third kappa shape index (κ3) is 3.21. The first kappa shape index (κ1) is 13.3. The zero-order valence-electron chi connectivity index (χ0n) is 11.4. The van der Waals surface area contributed by atoms with E-state index in [1.54, 1.807) is 0 Å². The number of nitrogens with two attached hydrogens (primary N) is 1. The molecule has 0 aromatic carbocycles. The normalized spacial score (nSPS) is 19.7. The average Bonchev–Trinajstić information content (AvgIpc) is 2.42. The summed E-state index contributed by atoms with van der Waals surface area (Å²) in [6, 6.07) is 5.94. The molecule has 1 aliphatic rings. The van der Waals surface area contributed by atoms with Crippen molar-refractivity contribution >= 4 is 5.82 Å². The van der Waals surface area contributed by atoms with E-state index in [-0.39, 0.29) is 0 Å². The molecule has 0 unspecified atom stereocenters. The first-order valence-electron chi connectivity index (χ1n) is 6.80. The fourth-order valence-electron chi connectivity index (χ4n) is 2.48. The van der Waals surface area contributed by atoms with Crippen molar-refractivity contribution in [1.82, 2.24) is 9.88 Å². The first-order chi connectivity index (χ1) is 8.65. The van der Waals surface area contributed by atoms with Gasteiger partial charge in [-0.1, -0.05) is 26.3 Å². The Bertz CT molecular complexity index is 383. The second-order valence-corrected chi connectivity index (χ2v) is 5.60. The molecule has 0 amide bonds. The summed E-state index contributed by atoms with van der Waals surface area (Å²) in [5, 5.41) is 0. The Labute approximate surface area is 110 Å². The third-order valence-electron chi connectivity index (χ3n) is 4.26. The van der Waals surface area contributed by atoms with E-state index in [1.807, 2.05) is 12.1 Å². The van der Waals surface area contributed by atoms with Crippen LogP contribution in [0.2, 0.25) is 0 Å². The van der Waals surface area contributed by atoms with Gasteiger partial charge < -0.3 is 5.43 Å². The highest BCUT2D eigenvalue weighted by atomic mass is 15.3. The van der Waals surface area contributed by atoms with Crippen LogP contribution in [0.3, 0.4) is 0 Å². The van der Waals surface area contributed by atoms with Crippen LogP contribution in [0.15, 0.2) is 18.2 Å². The maximum atomic E-state index is 5.38. The van der Waals surface area contributed by atoms with Crippen LogP contribution in [0.4, 0.5) is 5.82 Å². The van der Waals surface area contributed by atoms with Gasteiger partial charge in [-0.2, -0.15) is 0 Å². The molecule has 1 aromatic rings. The number of aromatic nitrogens is 1. The first-order valence-corrected chi connectivity index (χ1v) is 6.80. The van der Waals surface area contributed by atoms with Crippen molar-refractivity contribution in [3.05, 3.63) is 23.9 Å². The summed E-state index contributed by atoms with van der Waals surface area (Å²) in [7, 11) is 0. The number of hydrazine groups is 1. The second-order valence-electron chi connectivity index (χ2n) is 5.60. The summed E-state index contributed by atoms with van der Waals surface area (Å²) in [4.78, 5) is 6.95. The summed E-state index contributed by atoms with van der Waals surface area (Å²) in [6.45, 7) is 7.98. The molecule has 1 aromatic heterocycles. The predicted octanol–water partition coefficient (Wildman–Crippen LogP) is 2.38. The van der Waals surface area contributed by atoms with E-state index in [4.69, 9.17) is 5.84 Å². The van der Waals surface area contributed by atoms with Gasteiger partial charge in [0.1, 0.15) is 5.82 Å². The molecule has 100 valence electrons. The van der Waals surface area contributed by atoms with Gasteiger partial charge in [-0.25, -0.2) is 10.8 Å². The van der Waals surface area contributed by atoms with E-state index in [0.29, 0.717) is 5.41 Å². The summed E-state index contributed by atoms with van der Waals surface area (Å²) >= 11 is 0. The van der Waals surface area contributed by atoms with Crippen molar-refractivity contribution in [3.63, 3.8) is 0 Å². The fourth-order valence-corrected chi connectivity index (χ4v) is 2.48. The largest absolute Gasteiger partial charge is 0.308 e. The Kier molecular flexibility index (Phi) is 4.19. The van der Waals surface area contributed by atoms with E-state index in [0.717, 1.165) is 18.1 Å². The van der Waals surface area contributed by atoms with Crippen LogP contribution in [-0.4, -0.2) is 23.0 Å². The van der Waals surface area contributed by atoms with E-state index in [2.05, 4.69) is 35.2 Å². The number of hydrogen-bond donors (Lipinski definition) is 2. The van der Waals surface area contributed by atoms with Crippen molar-refractivity contribution in [2.24, 2.45) is 11.3 Å². The number of nitrogen functional groups attached to an aromatic ring is 1. The van der Waals surface area contributed by atoms with E-state index in [1.165, 1.54) is 32.4 Å². The number of pyridine rings is 1. The Hall–Kier alpha value is -1.13. The van der Waals surface area contributed by atoms with Crippen LogP contribution in [-0.2, 0) is 6.54 Å². The zero-order chi connectivity index (χ0) is 13.0. The lowest BCUT2D eigenvalue weighted by Crippen LogP contribution is -2.38. The summed E-state index contributed by atoms with van der Waals surface area (Å²) in [6.07, 6.45) is 3.86. The highest BCUT2D eigenvalue weighted by Crippen LogP contribution is 2.34. The van der Waals surface area contributed by atoms with E-state index >= 15 is 0 Å². The number of nitrogens with one attached hydrogen (secondary N) is 1. The monoisotopic (exact) mass is 248 g/mol. The molecule has 1 saturated heterocycles. The number of piperidine rings is 1. The average molecular weight is 248 g/mol. The minimum absolute atomic E-state index is 0.546. The number of likely N-dealkylation sites (tertiary alicyclic amines) is 1. The molecule has 0 aliphatic carbocycles. The van der Waals surface area contributed by atoms with Crippen LogP contribution >= 0.6 is 0 Å². The van der Waals surface area contributed by atoms with Gasteiger partial charge in [-0.05, 0) is 43.5 Å². The Morgan fingerprint density at radius 2 is 2.11 bits per heavy atom. The summed E-state index contributed by atoms with van der Waals surface area (Å²) in [5.41, 5.74) is 4.23. The summed E-state index contributed by atoms with van der Waals surface area (Å²) < 4.78 is 0. The lowest BCUT2D eigenvalue weighted by atomic mass is 9.78. The zero-order valence-corrected chi connectivity index (χ0v) is 11.4. The molecular formula is C14H24N4. The van der Waals surface area contributed by atoms with Gasteiger partial charge in [-0.3, -0.25) is 4.90 Å². The molecule has 0 radical (unpaired) electrons. The third-order valence-corrected chi connectivity index (χ3v) is 4.26. The van der Waals surface area contributed by atoms with Gasteiger partial charge in [0, 0.05) is 6.54 Å². The predicted molar refractivity (Wildman–Crippen MR) is 75.0 cm³/mol. The molecule has 4 heteroatoms. The molecule has 18 heavy (non-hydrogen) atoms. The molecule has 3 N–H and O–H groups in total. The van der Waals surface area contributed by atoms with Gasteiger partial charge in [0.2, 0.25) is 0 Å². The van der Waals surface area contributed by atoms with Crippen molar-refractivity contribution in [2.75, 3.05) is 18.5 Å². The molecule has 4 nitrogen and oxygen atoms in total. The standard InChI is InChI=1S/C14H24N4/c1-3-14(2)7-9-18(10-8-14)11-12-5-4-6-13(16-12)17-15/h4-6H,3,7-11,15H2,1-2H3,(H,16,17). The van der Waals surface area contributed by atoms with E-state index in [9.17, 15) is 0 Å². The molecule has 0 bridgehead atoms. The molecule has 0 atom stereocenters. The maximum Gasteiger partial charge on any atom is 0.140 e. The number of rotatable bonds is 4. The van der Waals surface area contributed by atoms with Gasteiger partial charge in [0.15, 0.2) is 0 Å². The van der Waals surface area contributed by atoms with Gasteiger partial charge in [0.05, 0.1) is 5.69 Å². The maximum absolute atomic E-state index is 5.38. The molecule has 2 heterocycles. The Balaban J connectivity index is 1.91. The van der Waals surface area contributed by atoms with Crippen LogP contribution in [0.5, 0.6) is 0 Å². The number of nitrogens with zero attached hydrogens (tertiary/aromatic N) is 2. The topological polar surface area (TPSA) is 54.2 Å². The van der Waals surface area contributed by atoms with Crippen molar-refractivity contribution < 1.29 is 0 Å². The van der Waals surface area contributed by atoms with Crippen LogP contribution in [0.1, 0.15) is 38.8 Å². The summed E-state index contributed by atoms with van der Waals surface area (Å²) in [5.74, 6) is 6.12. The lowest BCUT2D eigenvalue weighted by Gasteiger charge is -2.38. The Morgan fingerprint density at radius 3 is 2.72 bits per heavy atom. The van der Waals surface area contributed by atoms with Gasteiger partial charge in [-0.15, -0.1) is 0 Å². The van der Waals surface area contributed by atoms with Crippen molar-refractivity contribution in [3.8, 4) is 0 Å². The lowest BCUT2D eigenvalue weighted by molar-refractivity contribution is 0.109. The molecule has 1 aliphatic heterocycles. The second kappa shape index (κ2) is 5.67. The minimum atomic E-state index is 0.546. The van der Waals surface area contributed by atoms with Crippen molar-refractivity contribution in [1.29, 1.82) is 0 Å². The molecule has 0 saturated carbocycles. The van der Waals surface area contributed by atoms with Crippen molar-refractivity contribution in [2.45, 2.75) is 39.7 Å². The SMILES string of the molecule is CCC1(C)CCN(Cc2cccc(NN)n2)CC1. The van der Waals surface area contributed by atoms with E-state index < -0.39 is 0 Å². The quantitative estimate of drug-likeness (QED) is 0.634. The van der Waals surface area contributed by atoms with Gasteiger partial charge >= 0.3 is 0 Å². The van der Waals surface area contributed by atoms with Gasteiger partial charge in [0.25, 0.3) is 0 Å². The smallest absolute Gasteiger partial charge is 0.140 e. The number of hydrogen-bond acceptors (Lipinski definition) is 4. The number of anilines is 1.